The van der Waals surface area contributed by atoms with E-state index in [4.69, 9.17) is 11.5 Å². The normalized spacial score (nSPS) is 25.5. The predicted molar refractivity (Wildman–Crippen MR) is 76.6 cm³/mol. The van der Waals surface area contributed by atoms with Crippen LogP contribution >= 0.6 is 0 Å². The van der Waals surface area contributed by atoms with Crippen molar-refractivity contribution in [2.45, 2.75) is 31.2 Å². The van der Waals surface area contributed by atoms with Gasteiger partial charge in [-0.05, 0) is 64.7 Å². The van der Waals surface area contributed by atoms with Crippen molar-refractivity contribution in [2.75, 3.05) is 40.3 Å². The first kappa shape index (κ1) is 14.8. The predicted octanol–water partition coefficient (Wildman–Crippen LogP) is -0.147. The van der Waals surface area contributed by atoms with Gasteiger partial charge in [-0.3, -0.25) is 4.79 Å². The maximum atomic E-state index is 11.7. The van der Waals surface area contributed by atoms with E-state index in [0.717, 1.165) is 38.4 Å². The van der Waals surface area contributed by atoms with E-state index in [1.54, 1.807) is 0 Å². The van der Waals surface area contributed by atoms with Gasteiger partial charge in [-0.15, -0.1) is 0 Å². The third-order valence-electron chi connectivity index (χ3n) is 4.58. The number of primary amides is 1. The van der Waals surface area contributed by atoms with E-state index in [-0.39, 0.29) is 5.91 Å². The Morgan fingerprint density at radius 3 is 2.26 bits per heavy atom. The molecule has 0 aromatic heterocycles. The first-order valence-corrected chi connectivity index (χ1v) is 7.37. The zero-order chi connectivity index (χ0) is 14.0. The zero-order valence-electron chi connectivity index (χ0n) is 12.3. The van der Waals surface area contributed by atoms with Crippen LogP contribution in [0.1, 0.15) is 25.7 Å². The Morgan fingerprint density at radius 1 is 1.26 bits per heavy atom. The molecule has 1 aliphatic carbocycles. The maximum Gasteiger partial charge on any atom is 0.239 e. The van der Waals surface area contributed by atoms with Crippen LogP contribution in [0.5, 0.6) is 0 Å². The number of rotatable bonds is 6. The minimum absolute atomic E-state index is 0.310. The molecule has 1 saturated carbocycles. The van der Waals surface area contributed by atoms with E-state index in [2.05, 4.69) is 23.9 Å². The Morgan fingerprint density at radius 2 is 1.84 bits per heavy atom. The molecule has 110 valence electrons. The summed E-state index contributed by atoms with van der Waals surface area (Å²) in [5, 5.41) is 0. The molecule has 2 fully saturated rings. The largest absolute Gasteiger partial charge is 0.368 e. The summed E-state index contributed by atoms with van der Waals surface area (Å²) in [5.41, 5.74) is 11.0. The van der Waals surface area contributed by atoms with Crippen molar-refractivity contribution in [3.8, 4) is 0 Å². The van der Waals surface area contributed by atoms with E-state index < -0.39 is 5.54 Å². The Hall–Kier alpha value is -0.650. The van der Waals surface area contributed by atoms with Crippen molar-refractivity contribution >= 4 is 5.91 Å². The van der Waals surface area contributed by atoms with Crippen molar-refractivity contribution in [1.29, 1.82) is 0 Å². The van der Waals surface area contributed by atoms with E-state index in [0.29, 0.717) is 12.5 Å². The molecule has 0 aromatic carbocycles. The third-order valence-corrected chi connectivity index (χ3v) is 4.58. The molecule has 19 heavy (non-hydrogen) atoms. The Kier molecular flexibility index (Phi) is 4.48. The van der Waals surface area contributed by atoms with E-state index in [1.807, 2.05) is 0 Å². The van der Waals surface area contributed by atoms with E-state index >= 15 is 0 Å². The molecule has 1 unspecified atom stereocenters. The number of nitrogens with two attached hydrogens (primary N) is 2. The maximum absolute atomic E-state index is 11.7. The van der Waals surface area contributed by atoms with Gasteiger partial charge in [0.15, 0.2) is 0 Å². The van der Waals surface area contributed by atoms with Crippen molar-refractivity contribution in [3.63, 3.8) is 0 Å². The summed E-state index contributed by atoms with van der Waals surface area (Å²) in [7, 11) is 4.24. The number of hydrogen-bond donors (Lipinski definition) is 2. The summed E-state index contributed by atoms with van der Waals surface area (Å²) in [5.74, 6) is 0.753. The van der Waals surface area contributed by atoms with Crippen LogP contribution in [0.15, 0.2) is 0 Å². The van der Waals surface area contributed by atoms with Gasteiger partial charge in [0.1, 0.15) is 5.54 Å². The number of nitrogens with zero attached hydrogens (tertiary/aromatic N) is 2. The molecule has 1 amide bonds. The quantitative estimate of drug-likeness (QED) is 0.702. The Labute approximate surface area is 116 Å². The number of amides is 1. The van der Waals surface area contributed by atoms with E-state index in [9.17, 15) is 4.79 Å². The van der Waals surface area contributed by atoms with Crippen LogP contribution in [0.3, 0.4) is 0 Å². The minimum atomic E-state index is -0.797. The van der Waals surface area contributed by atoms with Gasteiger partial charge in [-0.1, -0.05) is 0 Å². The second-order valence-corrected chi connectivity index (χ2v) is 6.66. The van der Waals surface area contributed by atoms with Gasteiger partial charge < -0.3 is 21.3 Å². The van der Waals surface area contributed by atoms with Crippen molar-refractivity contribution in [2.24, 2.45) is 23.3 Å². The standard InChI is InChI=1S/C14H28N4O/c1-17(2)9-11-5-7-18(8-6-11)10-14(16,13(15)19)12-3-4-12/h11-12H,3-10,16H2,1-2H3,(H2,15,19). The molecule has 2 aliphatic rings. The second-order valence-electron chi connectivity index (χ2n) is 6.66. The molecule has 5 nitrogen and oxygen atoms in total. The van der Waals surface area contributed by atoms with Crippen LogP contribution in [-0.2, 0) is 4.79 Å². The number of piperidine rings is 1. The molecule has 0 aromatic rings. The Bertz CT molecular complexity index is 321. The lowest BCUT2D eigenvalue weighted by Crippen LogP contribution is -2.61. The molecular weight excluding hydrogens is 240 g/mol. The monoisotopic (exact) mass is 268 g/mol. The highest BCUT2D eigenvalue weighted by Crippen LogP contribution is 2.39. The third kappa shape index (κ3) is 3.68. The average molecular weight is 268 g/mol. The van der Waals surface area contributed by atoms with Crippen molar-refractivity contribution < 1.29 is 4.79 Å². The smallest absolute Gasteiger partial charge is 0.239 e. The molecule has 0 radical (unpaired) electrons. The summed E-state index contributed by atoms with van der Waals surface area (Å²) >= 11 is 0. The zero-order valence-corrected chi connectivity index (χ0v) is 12.3. The van der Waals surface area contributed by atoms with E-state index in [1.165, 1.54) is 12.8 Å². The summed E-state index contributed by atoms with van der Waals surface area (Å²) < 4.78 is 0. The molecule has 1 heterocycles. The number of carbonyl (C=O) groups is 1. The lowest BCUT2D eigenvalue weighted by Gasteiger charge is -2.38. The molecule has 4 N–H and O–H groups in total. The van der Waals surface area contributed by atoms with Crippen LogP contribution < -0.4 is 11.5 Å². The highest BCUT2D eigenvalue weighted by Gasteiger charge is 2.47. The summed E-state index contributed by atoms with van der Waals surface area (Å²) in [4.78, 5) is 16.2. The fourth-order valence-electron chi connectivity index (χ4n) is 3.22. The van der Waals surface area contributed by atoms with Crippen LogP contribution in [0.4, 0.5) is 0 Å². The Balaban J connectivity index is 1.83. The topological polar surface area (TPSA) is 75.6 Å². The van der Waals surface area contributed by atoms with Gasteiger partial charge in [0.05, 0.1) is 0 Å². The van der Waals surface area contributed by atoms with Crippen LogP contribution in [-0.4, -0.2) is 61.5 Å². The fraction of sp³-hybridized carbons (Fsp3) is 0.929. The van der Waals surface area contributed by atoms with Gasteiger partial charge in [-0.25, -0.2) is 0 Å². The first-order chi connectivity index (χ1) is 8.91. The highest BCUT2D eigenvalue weighted by atomic mass is 16.1. The number of likely N-dealkylation sites (tertiary alicyclic amines) is 1. The molecule has 1 atom stereocenters. The van der Waals surface area contributed by atoms with Crippen LogP contribution in [0.2, 0.25) is 0 Å². The minimum Gasteiger partial charge on any atom is -0.368 e. The second kappa shape index (κ2) is 5.77. The lowest BCUT2D eigenvalue weighted by molar-refractivity contribution is -0.124. The molecular formula is C14H28N4O. The molecule has 0 bridgehead atoms. The molecule has 0 spiro atoms. The van der Waals surface area contributed by atoms with Gasteiger partial charge >= 0.3 is 0 Å². The van der Waals surface area contributed by atoms with Gasteiger partial charge in [0.2, 0.25) is 5.91 Å². The molecule has 5 heteroatoms. The van der Waals surface area contributed by atoms with Crippen LogP contribution in [0.25, 0.3) is 0 Å². The summed E-state index contributed by atoms with van der Waals surface area (Å²) in [6, 6.07) is 0. The van der Waals surface area contributed by atoms with Gasteiger partial charge in [0, 0.05) is 13.1 Å². The van der Waals surface area contributed by atoms with Gasteiger partial charge in [0.25, 0.3) is 0 Å². The highest BCUT2D eigenvalue weighted by molar-refractivity contribution is 5.85. The van der Waals surface area contributed by atoms with Gasteiger partial charge in [-0.2, -0.15) is 0 Å². The van der Waals surface area contributed by atoms with Crippen molar-refractivity contribution in [3.05, 3.63) is 0 Å². The summed E-state index contributed by atoms with van der Waals surface area (Å²) in [6.45, 7) is 3.87. The number of hydrogen-bond acceptors (Lipinski definition) is 4. The molecule has 1 saturated heterocycles. The average Bonchev–Trinajstić information content (AvgIpc) is 3.15. The molecule has 1 aliphatic heterocycles. The number of carbonyl (C=O) groups excluding carboxylic acids is 1. The summed E-state index contributed by atoms with van der Waals surface area (Å²) in [6.07, 6.45) is 4.49. The van der Waals surface area contributed by atoms with Crippen LogP contribution in [0, 0.1) is 11.8 Å². The first-order valence-electron chi connectivity index (χ1n) is 7.37. The lowest BCUT2D eigenvalue weighted by atomic mass is 9.90. The fourth-order valence-corrected chi connectivity index (χ4v) is 3.22. The molecule has 2 rings (SSSR count). The van der Waals surface area contributed by atoms with Crippen molar-refractivity contribution in [1.82, 2.24) is 9.80 Å². The SMILES string of the molecule is CN(C)CC1CCN(CC(N)(C(N)=O)C2CC2)CC1.